The van der Waals surface area contributed by atoms with Crippen molar-refractivity contribution in [2.24, 2.45) is 0 Å². The van der Waals surface area contributed by atoms with Crippen LogP contribution < -0.4 is 5.73 Å². The van der Waals surface area contributed by atoms with E-state index in [9.17, 15) is 14.9 Å². The first kappa shape index (κ1) is 18.5. The minimum absolute atomic E-state index is 0.0664. The molecule has 10 nitrogen and oxygen atoms in total. The Morgan fingerprint density at radius 1 is 1.41 bits per heavy atom. The maximum Gasteiger partial charge on any atom is 0.303 e. The van der Waals surface area contributed by atoms with Crippen LogP contribution in [-0.4, -0.2) is 51.5 Å². The number of nitrogens with two attached hydrogens (primary N) is 1. The van der Waals surface area contributed by atoms with Gasteiger partial charge < -0.3 is 24.5 Å². The number of ether oxygens (including phenoxy) is 3. The molecule has 3 rings (SSSR count). The molecule has 0 unspecified atom stereocenters. The minimum atomic E-state index is -1.80. The van der Waals surface area contributed by atoms with Gasteiger partial charge in [-0.2, -0.15) is 5.26 Å². The smallest absolute Gasteiger partial charge is 0.303 e. The summed E-state index contributed by atoms with van der Waals surface area (Å²) in [4.78, 5) is 30.3. The number of hydrogen-bond acceptors (Lipinski definition) is 9. The summed E-state index contributed by atoms with van der Waals surface area (Å²) in [7, 11) is 0. The predicted octanol–water partition coefficient (Wildman–Crippen LogP) is 0.615. The van der Waals surface area contributed by atoms with Crippen molar-refractivity contribution < 1.29 is 28.2 Å². The molecule has 0 spiro atoms. The first-order valence-corrected chi connectivity index (χ1v) is 7.94. The highest BCUT2D eigenvalue weighted by Gasteiger charge is 2.49. The van der Waals surface area contributed by atoms with Crippen LogP contribution in [0.2, 0.25) is 0 Å². The van der Waals surface area contributed by atoms with E-state index >= 15 is 4.39 Å². The van der Waals surface area contributed by atoms with Crippen LogP contribution in [0.25, 0.3) is 11.0 Å². The number of aromatic nitrogens is 3. The molecule has 11 heteroatoms. The molecule has 4 atom stereocenters. The van der Waals surface area contributed by atoms with E-state index < -0.39 is 36.5 Å². The second-order valence-corrected chi connectivity index (χ2v) is 5.91. The molecule has 2 aromatic rings. The van der Waals surface area contributed by atoms with Crippen molar-refractivity contribution in [1.29, 1.82) is 5.26 Å². The standard InChI is InChI=1S/C16H16FN5O5/c1-7(23)25-5-10-13(26-8(2)24)12(17)16(27-10)22-4-9(3-18)11-14(19)20-6-21-15(11)22/h4,6,10,12-13,16H,5H2,1-2H3,(H2,19,20,21)/t10-,12+,13-,16+/m1/s1. The van der Waals surface area contributed by atoms with Crippen molar-refractivity contribution in [3.05, 3.63) is 18.1 Å². The number of nitrogen functional groups attached to an aromatic ring is 1. The Hall–Kier alpha value is -3.26. The number of anilines is 1. The fourth-order valence-corrected chi connectivity index (χ4v) is 2.97. The first-order valence-electron chi connectivity index (χ1n) is 7.94. The topological polar surface area (TPSA) is 142 Å². The van der Waals surface area contributed by atoms with Gasteiger partial charge >= 0.3 is 11.9 Å². The third-order valence-electron chi connectivity index (χ3n) is 4.05. The molecule has 1 aliphatic rings. The van der Waals surface area contributed by atoms with Gasteiger partial charge in [0.25, 0.3) is 0 Å². The largest absolute Gasteiger partial charge is 0.463 e. The Morgan fingerprint density at radius 2 is 2.15 bits per heavy atom. The molecule has 0 aliphatic carbocycles. The lowest BCUT2D eigenvalue weighted by molar-refractivity contribution is -0.156. The van der Waals surface area contributed by atoms with Gasteiger partial charge in [0.2, 0.25) is 0 Å². The lowest BCUT2D eigenvalue weighted by atomic mass is 10.1. The molecule has 0 amide bonds. The van der Waals surface area contributed by atoms with E-state index in [1.54, 1.807) is 0 Å². The van der Waals surface area contributed by atoms with Gasteiger partial charge in [-0.25, -0.2) is 14.4 Å². The van der Waals surface area contributed by atoms with Gasteiger partial charge in [-0.1, -0.05) is 0 Å². The molecule has 2 N–H and O–H groups in total. The summed E-state index contributed by atoms with van der Waals surface area (Å²) in [5.41, 5.74) is 6.14. The summed E-state index contributed by atoms with van der Waals surface area (Å²) in [5.74, 6) is -1.23. The lowest BCUT2D eigenvalue weighted by Gasteiger charge is -2.18. The normalized spacial score (nSPS) is 24.5. The fraction of sp³-hybridized carbons (Fsp3) is 0.438. The molecule has 0 aromatic carbocycles. The van der Waals surface area contributed by atoms with Crippen LogP contribution in [0.3, 0.4) is 0 Å². The average molecular weight is 377 g/mol. The maximum absolute atomic E-state index is 15.1. The van der Waals surface area contributed by atoms with Crippen LogP contribution >= 0.6 is 0 Å². The second kappa shape index (κ2) is 7.16. The summed E-state index contributed by atoms with van der Waals surface area (Å²) in [6.45, 7) is 2.03. The number of hydrogen-bond donors (Lipinski definition) is 1. The number of fused-ring (bicyclic) bond motifs is 1. The zero-order chi connectivity index (χ0) is 19.7. The van der Waals surface area contributed by atoms with Gasteiger partial charge in [-0.05, 0) is 0 Å². The van der Waals surface area contributed by atoms with Crippen molar-refractivity contribution in [2.45, 2.75) is 38.5 Å². The summed E-state index contributed by atoms with van der Waals surface area (Å²) >= 11 is 0. The fourth-order valence-electron chi connectivity index (χ4n) is 2.97. The van der Waals surface area contributed by atoms with Gasteiger partial charge in [0.1, 0.15) is 36.6 Å². The first-order chi connectivity index (χ1) is 12.8. The Bertz CT molecular complexity index is 939. The van der Waals surface area contributed by atoms with Gasteiger partial charge in [0, 0.05) is 20.0 Å². The second-order valence-electron chi connectivity index (χ2n) is 5.91. The number of nitrogens with zero attached hydrogens (tertiary/aromatic N) is 4. The van der Waals surface area contributed by atoms with Crippen molar-refractivity contribution in [3.63, 3.8) is 0 Å². The van der Waals surface area contributed by atoms with E-state index in [1.807, 2.05) is 6.07 Å². The van der Waals surface area contributed by atoms with Crippen LogP contribution in [0.15, 0.2) is 12.5 Å². The molecule has 0 bridgehead atoms. The molecule has 0 saturated carbocycles. The van der Waals surface area contributed by atoms with E-state index in [-0.39, 0.29) is 29.0 Å². The Kier molecular flexibility index (Phi) is 4.91. The maximum atomic E-state index is 15.1. The van der Waals surface area contributed by atoms with Gasteiger partial charge in [-0.15, -0.1) is 0 Å². The predicted molar refractivity (Wildman–Crippen MR) is 87.6 cm³/mol. The van der Waals surface area contributed by atoms with Gasteiger partial charge in [0.15, 0.2) is 18.5 Å². The number of carbonyl (C=O) groups excluding carboxylic acids is 2. The number of halogens is 1. The van der Waals surface area contributed by atoms with Crippen LogP contribution in [0, 0.1) is 11.3 Å². The quantitative estimate of drug-likeness (QED) is 0.758. The number of rotatable bonds is 4. The van der Waals surface area contributed by atoms with Crippen molar-refractivity contribution >= 4 is 28.8 Å². The van der Waals surface area contributed by atoms with Crippen molar-refractivity contribution in [1.82, 2.24) is 14.5 Å². The van der Waals surface area contributed by atoms with Crippen LogP contribution in [0.5, 0.6) is 0 Å². The number of carbonyl (C=O) groups is 2. The number of esters is 2. The van der Waals surface area contributed by atoms with Gasteiger partial charge in [-0.3, -0.25) is 9.59 Å². The Labute approximate surface area is 152 Å². The van der Waals surface area contributed by atoms with Crippen molar-refractivity contribution in [2.75, 3.05) is 12.3 Å². The molecular weight excluding hydrogens is 361 g/mol. The van der Waals surface area contributed by atoms with E-state index in [0.29, 0.717) is 0 Å². The summed E-state index contributed by atoms with van der Waals surface area (Å²) in [5, 5.41) is 9.58. The van der Waals surface area contributed by atoms with Crippen molar-refractivity contribution in [3.8, 4) is 6.07 Å². The van der Waals surface area contributed by atoms with E-state index in [0.717, 1.165) is 6.92 Å². The number of alkyl halides is 1. The molecule has 1 fully saturated rings. The van der Waals surface area contributed by atoms with Crippen LogP contribution in [0.1, 0.15) is 25.6 Å². The Balaban J connectivity index is 2.00. The highest BCUT2D eigenvalue weighted by molar-refractivity contribution is 5.92. The van der Waals surface area contributed by atoms with E-state index in [1.165, 1.54) is 24.0 Å². The summed E-state index contributed by atoms with van der Waals surface area (Å²) < 4.78 is 31.9. The molecule has 1 saturated heterocycles. The third kappa shape index (κ3) is 3.39. The van der Waals surface area contributed by atoms with Crippen LogP contribution in [-0.2, 0) is 23.8 Å². The van der Waals surface area contributed by atoms with E-state index in [4.69, 9.17) is 19.9 Å². The molecular formula is C16H16FN5O5. The summed E-state index contributed by atoms with van der Waals surface area (Å²) in [6.07, 6.45) is -2.88. The molecule has 27 heavy (non-hydrogen) atoms. The summed E-state index contributed by atoms with van der Waals surface area (Å²) in [6, 6.07) is 1.95. The number of nitriles is 1. The third-order valence-corrected chi connectivity index (χ3v) is 4.05. The minimum Gasteiger partial charge on any atom is -0.463 e. The van der Waals surface area contributed by atoms with E-state index in [2.05, 4.69) is 9.97 Å². The molecule has 0 radical (unpaired) electrons. The molecule has 3 heterocycles. The SMILES string of the molecule is CC(=O)OC[C@H]1O[C@H](n2cc(C#N)c3c(N)ncnc32)[C@@H](F)[C@@H]1OC(C)=O. The monoisotopic (exact) mass is 377 g/mol. The van der Waals surface area contributed by atoms with Crippen LogP contribution in [0.4, 0.5) is 10.2 Å². The molecule has 142 valence electrons. The molecule has 1 aliphatic heterocycles. The lowest BCUT2D eigenvalue weighted by Crippen LogP contribution is -2.36. The zero-order valence-corrected chi connectivity index (χ0v) is 14.5. The molecule has 2 aromatic heterocycles. The average Bonchev–Trinajstić information content (AvgIpc) is 3.12. The highest BCUT2D eigenvalue weighted by Crippen LogP contribution is 2.37. The Morgan fingerprint density at radius 3 is 2.78 bits per heavy atom. The van der Waals surface area contributed by atoms with Gasteiger partial charge in [0.05, 0.1) is 10.9 Å². The highest BCUT2D eigenvalue weighted by atomic mass is 19.1. The zero-order valence-electron chi connectivity index (χ0n) is 14.5.